The molecule has 0 bridgehead atoms. The van der Waals surface area contributed by atoms with E-state index in [0.29, 0.717) is 12.1 Å². The number of hydrogen-bond acceptors (Lipinski definition) is 2. The number of carbonyl (C=O) groups is 1. The summed E-state index contributed by atoms with van der Waals surface area (Å²) in [6.07, 6.45) is 3.50. The second kappa shape index (κ2) is 5.35. The fourth-order valence-corrected chi connectivity index (χ4v) is 2.03. The fourth-order valence-electron chi connectivity index (χ4n) is 1.66. The van der Waals surface area contributed by atoms with Gasteiger partial charge in [0.1, 0.15) is 0 Å². The summed E-state index contributed by atoms with van der Waals surface area (Å²) in [6, 6.07) is 5.63. The number of aromatic nitrogens is 2. The van der Waals surface area contributed by atoms with E-state index < -0.39 is 0 Å². The predicted molar refractivity (Wildman–Crippen MR) is 73.3 cm³/mol. The summed E-state index contributed by atoms with van der Waals surface area (Å²) in [5.74, 6) is -0.00287. The van der Waals surface area contributed by atoms with Crippen LogP contribution < -0.4 is 0 Å². The van der Waals surface area contributed by atoms with Crippen LogP contribution in [0.2, 0.25) is 0 Å². The number of halogens is 1. The minimum Gasteiger partial charge on any atom is -0.337 e. The molecule has 0 aliphatic carbocycles. The van der Waals surface area contributed by atoms with Gasteiger partial charge in [-0.25, -0.2) is 0 Å². The third-order valence-electron chi connectivity index (χ3n) is 2.74. The van der Waals surface area contributed by atoms with Gasteiger partial charge in [0, 0.05) is 35.4 Å². The van der Waals surface area contributed by atoms with Crippen LogP contribution in [0.4, 0.5) is 0 Å². The summed E-state index contributed by atoms with van der Waals surface area (Å²) in [5.41, 5.74) is 2.78. The quantitative estimate of drug-likeness (QED) is 0.948. The molecule has 0 fully saturated rings. The van der Waals surface area contributed by atoms with Gasteiger partial charge in [-0.05, 0) is 24.6 Å². The van der Waals surface area contributed by atoms with E-state index in [1.165, 1.54) is 0 Å². The maximum atomic E-state index is 12.2. The molecule has 18 heavy (non-hydrogen) atoms. The lowest BCUT2D eigenvalue weighted by atomic mass is 10.1. The van der Waals surface area contributed by atoms with Crippen LogP contribution in [0, 0.1) is 6.92 Å². The molecule has 0 saturated heterocycles. The number of aromatic amines is 1. The second-order valence-corrected chi connectivity index (χ2v) is 5.09. The van der Waals surface area contributed by atoms with Gasteiger partial charge >= 0.3 is 0 Å². The Morgan fingerprint density at radius 2 is 2.28 bits per heavy atom. The Labute approximate surface area is 114 Å². The van der Waals surface area contributed by atoms with Crippen molar-refractivity contribution in [2.24, 2.45) is 0 Å². The smallest absolute Gasteiger partial charge is 0.253 e. The maximum Gasteiger partial charge on any atom is 0.253 e. The number of hydrogen-bond donors (Lipinski definition) is 1. The second-order valence-electron chi connectivity index (χ2n) is 4.23. The van der Waals surface area contributed by atoms with Crippen molar-refractivity contribution in [3.63, 3.8) is 0 Å². The van der Waals surface area contributed by atoms with Gasteiger partial charge in [0.15, 0.2) is 0 Å². The van der Waals surface area contributed by atoms with Crippen LogP contribution in [0.3, 0.4) is 0 Å². The molecule has 2 aromatic rings. The number of nitrogens with one attached hydrogen (secondary N) is 1. The number of H-pyrrole nitrogens is 1. The molecule has 0 saturated carbocycles. The Bertz CT molecular complexity index is 551. The molecule has 1 heterocycles. The van der Waals surface area contributed by atoms with Crippen LogP contribution in [-0.4, -0.2) is 28.1 Å². The first-order chi connectivity index (χ1) is 8.58. The van der Waals surface area contributed by atoms with Crippen LogP contribution in [0.25, 0.3) is 0 Å². The van der Waals surface area contributed by atoms with Gasteiger partial charge in [0.2, 0.25) is 0 Å². The van der Waals surface area contributed by atoms with E-state index in [2.05, 4.69) is 26.1 Å². The van der Waals surface area contributed by atoms with Crippen LogP contribution in [0.5, 0.6) is 0 Å². The average Bonchev–Trinajstić information content (AvgIpc) is 2.84. The zero-order chi connectivity index (χ0) is 13.1. The molecule has 1 N–H and O–H groups in total. The molecular formula is C13H14BrN3O. The number of nitrogens with zero attached hydrogens (tertiary/aromatic N) is 2. The van der Waals surface area contributed by atoms with E-state index in [4.69, 9.17) is 0 Å². The monoisotopic (exact) mass is 307 g/mol. The molecule has 0 aliphatic heterocycles. The van der Waals surface area contributed by atoms with E-state index in [-0.39, 0.29) is 5.91 Å². The van der Waals surface area contributed by atoms with Gasteiger partial charge < -0.3 is 4.90 Å². The molecule has 1 aromatic carbocycles. The standard InChI is InChI=1S/C13H14BrN3O/c1-9-3-4-11(5-12(9)14)13(18)17(2)8-10-6-15-16-7-10/h3-7H,8H2,1-2H3,(H,15,16). The van der Waals surface area contributed by atoms with Gasteiger partial charge in [-0.15, -0.1) is 0 Å². The lowest BCUT2D eigenvalue weighted by Gasteiger charge is -2.16. The van der Waals surface area contributed by atoms with Gasteiger partial charge in [0.05, 0.1) is 6.20 Å². The minimum absolute atomic E-state index is 0.00287. The average molecular weight is 308 g/mol. The first-order valence-electron chi connectivity index (χ1n) is 5.57. The highest BCUT2D eigenvalue weighted by atomic mass is 79.9. The molecule has 4 nitrogen and oxygen atoms in total. The molecule has 0 atom stereocenters. The van der Waals surface area contributed by atoms with Crippen molar-refractivity contribution in [1.29, 1.82) is 0 Å². The van der Waals surface area contributed by atoms with Gasteiger partial charge in [-0.2, -0.15) is 5.10 Å². The van der Waals surface area contributed by atoms with Crippen LogP contribution in [0.15, 0.2) is 35.1 Å². The lowest BCUT2D eigenvalue weighted by Crippen LogP contribution is -2.26. The lowest BCUT2D eigenvalue weighted by molar-refractivity contribution is 0.0785. The van der Waals surface area contributed by atoms with Gasteiger partial charge in [-0.1, -0.05) is 22.0 Å². The molecule has 5 heteroatoms. The first kappa shape index (κ1) is 12.8. The minimum atomic E-state index is -0.00287. The topological polar surface area (TPSA) is 49.0 Å². The van der Waals surface area contributed by atoms with E-state index in [9.17, 15) is 4.79 Å². The van der Waals surface area contributed by atoms with E-state index in [0.717, 1.165) is 15.6 Å². The maximum absolute atomic E-state index is 12.2. The SMILES string of the molecule is Cc1ccc(C(=O)N(C)Cc2cn[nH]c2)cc1Br. The largest absolute Gasteiger partial charge is 0.337 e. The zero-order valence-corrected chi connectivity index (χ0v) is 11.9. The summed E-state index contributed by atoms with van der Waals surface area (Å²) in [4.78, 5) is 13.9. The van der Waals surface area contributed by atoms with Crippen molar-refractivity contribution in [1.82, 2.24) is 15.1 Å². The van der Waals surface area contributed by atoms with E-state index in [1.54, 1.807) is 24.3 Å². The van der Waals surface area contributed by atoms with Crippen LogP contribution in [-0.2, 0) is 6.54 Å². The van der Waals surface area contributed by atoms with Crippen molar-refractivity contribution in [3.05, 3.63) is 51.8 Å². The van der Waals surface area contributed by atoms with Crippen LogP contribution >= 0.6 is 15.9 Å². The summed E-state index contributed by atoms with van der Waals surface area (Å²) in [5, 5.41) is 6.60. The molecular weight excluding hydrogens is 294 g/mol. The molecule has 1 amide bonds. The first-order valence-corrected chi connectivity index (χ1v) is 6.36. The van der Waals surface area contributed by atoms with Crippen molar-refractivity contribution in [2.75, 3.05) is 7.05 Å². The van der Waals surface area contributed by atoms with Crippen molar-refractivity contribution in [2.45, 2.75) is 13.5 Å². The van der Waals surface area contributed by atoms with E-state index in [1.807, 2.05) is 25.1 Å². The Hall–Kier alpha value is -1.62. The zero-order valence-electron chi connectivity index (χ0n) is 10.3. The highest BCUT2D eigenvalue weighted by Gasteiger charge is 2.13. The number of aryl methyl sites for hydroxylation is 1. The summed E-state index contributed by atoms with van der Waals surface area (Å²) in [6.45, 7) is 2.54. The Kier molecular flexibility index (Phi) is 3.81. The summed E-state index contributed by atoms with van der Waals surface area (Å²) < 4.78 is 0.949. The molecule has 0 radical (unpaired) electrons. The third kappa shape index (κ3) is 2.79. The normalized spacial score (nSPS) is 10.4. The predicted octanol–water partition coefficient (Wildman–Crippen LogP) is 2.75. The summed E-state index contributed by atoms with van der Waals surface area (Å²) >= 11 is 3.44. The molecule has 0 unspecified atom stereocenters. The fraction of sp³-hybridized carbons (Fsp3) is 0.231. The van der Waals surface area contributed by atoms with Gasteiger partial charge in [0.25, 0.3) is 5.91 Å². The highest BCUT2D eigenvalue weighted by molar-refractivity contribution is 9.10. The molecule has 0 aliphatic rings. The molecule has 94 valence electrons. The third-order valence-corrected chi connectivity index (χ3v) is 3.59. The van der Waals surface area contributed by atoms with Crippen molar-refractivity contribution >= 4 is 21.8 Å². The Morgan fingerprint density at radius 1 is 1.50 bits per heavy atom. The molecule has 1 aromatic heterocycles. The van der Waals surface area contributed by atoms with Crippen molar-refractivity contribution < 1.29 is 4.79 Å². The van der Waals surface area contributed by atoms with Gasteiger partial charge in [-0.3, -0.25) is 9.89 Å². The number of rotatable bonds is 3. The highest BCUT2D eigenvalue weighted by Crippen LogP contribution is 2.18. The number of amides is 1. The molecule has 0 spiro atoms. The Balaban J connectivity index is 2.12. The van der Waals surface area contributed by atoms with Crippen LogP contribution in [0.1, 0.15) is 21.5 Å². The Morgan fingerprint density at radius 3 is 2.89 bits per heavy atom. The molecule has 2 rings (SSSR count). The van der Waals surface area contributed by atoms with Crippen molar-refractivity contribution in [3.8, 4) is 0 Å². The number of carbonyl (C=O) groups excluding carboxylic acids is 1. The van der Waals surface area contributed by atoms with E-state index >= 15 is 0 Å². The number of benzene rings is 1. The summed E-state index contributed by atoms with van der Waals surface area (Å²) in [7, 11) is 1.78.